The molecule has 1 amide bonds. The van der Waals surface area contributed by atoms with E-state index < -0.39 is 10.0 Å². The van der Waals surface area contributed by atoms with Gasteiger partial charge >= 0.3 is 0 Å². The van der Waals surface area contributed by atoms with Crippen LogP contribution in [0, 0.1) is 13.8 Å². The van der Waals surface area contributed by atoms with Crippen LogP contribution in [0.3, 0.4) is 0 Å². The molecular weight excluding hydrogens is 356 g/mol. The van der Waals surface area contributed by atoms with Crippen molar-refractivity contribution in [2.75, 3.05) is 39.3 Å². The number of sulfonamides is 1. The molecular formula is C17H28N4O4S. The highest BCUT2D eigenvalue weighted by Crippen LogP contribution is 2.24. The van der Waals surface area contributed by atoms with Crippen LogP contribution in [0.25, 0.3) is 0 Å². The molecule has 26 heavy (non-hydrogen) atoms. The van der Waals surface area contributed by atoms with Gasteiger partial charge in [-0.2, -0.15) is 4.31 Å². The highest BCUT2D eigenvalue weighted by atomic mass is 32.2. The Bertz CT molecular complexity index is 733. The molecule has 3 heterocycles. The van der Waals surface area contributed by atoms with Crippen LogP contribution in [0.2, 0.25) is 0 Å². The maximum absolute atomic E-state index is 12.8. The third-order valence-electron chi connectivity index (χ3n) is 5.38. The smallest absolute Gasteiger partial charge is 0.248 e. The molecule has 1 unspecified atom stereocenters. The van der Waals surface area contributed by atoms with E-state index in [9.17, 15) is 13.2 Å². The molecule has 146 valence electrons. The van der Waals surface area contributed by atoms with Gasteiger partial charge in [0.15, 0.2) is 5.76 Å². The van der Waals surface area contributed by atoms with Gasteiger partial charge in [-0.05, 0) is 40.0 Å². The molecule has 1 aromatic rings. The number of rotatable bonds is 4. The first-order chi connectivity index (χ1) is 12.3. The van der Waals surface area contributed by atoms with Gasteiger partial charge in [-0.1, -0.05) is 5.16 Å². The number of hydrogen-bond acceptors (Lipinski definition) is 6. The Morgan fingerprint density at radius 3 is 2.42 bits per heavy atom. The van der Waals surface area contributed by atoms with E-state index in [1.54, 1.807) is 13.8 Å². The second-order valence-electron chi connectivity index (χ2n) is 7.27. The van der Waals surface area contributed by atoms with Crippen LogP contribution in [0.1, 0.15) is 37.6 Å². The molecule has 0 N–H and O–H groups in total. The van der Waals surface area contributed by atoms with Crippen molar-refractivity contribution in [2.45, 2.75) is 51.0 Å². The molecule has 2 aliphatic heterocycles. The van der Waals surface area contributed by atoms with E-state index in [1.165, 1.54) is 10.7 Å². The summed E-state index contributed by atoms with van der Waals surface area (Å²) < 4.78 is 32.2. The van der Waals surface area contributed by atoms with E-state index >= 15 is 0 Å². The van der Waals surface area contributed by atoms with Crippen LogP contribution in [-0.4, -0.2) is 78.9 Å². The van der Waals surface area contributed by atoms with E-state index in [1.807, 2.05) is 9.80 Å². The summed E-state index contributed by atoms with van der Waals surface area (Å²) in [7, 11) is -3.61. The fourth-order valence-corrected chi connectivity index (χ4v) is 5.56. The first-order valence-corrected chi connectivity index (χ1v) is 10.7. The van der Waals surface area contributed by atoms with Crippen LogP contribution >= 0.6 is 0 Å². The van der Waals surface area contributed by atoms with Crippen molar-refractivity contribution in [1.29, 1.82) is 0 Å². The number of piperazine rings is 1. The average molecular weight is 385 g/mol. The van der Waals surface area contributed by atoms with Crippen LogP contribution in [0.4, 0.5) is 0 Å². The Morgan fingerprint density at radius 2 is 1.85 bits per heavy atom. The first-order valence-electron chi connectivity index (χ1n) is 9.25. The van der Waals surface area contributed by atoms with Crippen molar-refractivity contribution in [1.82, 2.24) is 19.3 Å². The summed E-state index contributed by atoms with van der Waals surface area (Å²) in [5, 5.41) is 3.75. The van der Waals surface area contributed by atoms with Gasteiger partial charge in [-0.15, -0.1) is 0 Å². The number of likely N-dealkylation sites (tertiary alicyclic amines) is 1. The number of aromatic nitrogens is 1. The lowest BCUT2D eigenvalue weighted by atomic mass is 10.0. The van der Waals surface area contributed by atoms with Crippen molar-refractivity contribution < 1.29 is 17.7 Å². The third-order valence-corrected chi connectivity index (χ3v) is 7.52. The van der Waals surface area contributed by atoms with Gasteiger partial charge in [0.25, 0.3) is 0 Å². The minimum atomic E-state index is -3.61. The van der Waals surface area contributed by atoms with Crippen LogP contribution in [0.5, 0.6) is 0 Å². The van der Waals surface area contributed by atoms with Crippen molar-refractivity contribution in [2.24, 2.45) is 0 Å². The number of aryl methyl sites for hydroxylation is 2. The Hall–Kier alpha value is -1.45. The lowest BCUT2D eigenvalue weighted by Gasteiger charge is -2.37. The van der Waals surface area contributed by atoms with Gasteiger partial charge < -0.3 is 9.42 Å². The van der Waals surface area contributed by atoms with Crippen LogP contribution in [-0.2, 0) is 14.8 Å². The number of hydrogen-bond donors (Lipinski definition) is 0. The Kier molecular flexibility index (Phi) is 5.69. The highest BCUT2D eigenvalue weighted by Gasteiger charge is 2.34. The Labute approximate surface area is 155 Å². The maximum atomic E-state index is 12.8. The number of nitrogens with zero attached hydrogens (tertiary/aromatic N) is 4. The Balaban J connectivity index is 1.58. The second kappa shape index (κ2) is 7.66. The summed E-state index contributed by atoms with van der Waals surface area (Å²) in [6.45, 7) is 8.40. The second-order valence-corrected chi connectivity index (χ2v) is 9.14. The van der Waals surface area contributed by atoms with Gasteiger partial charge in [0, 0.05) is 38.8 Å². The monoisotopic (exact) mass is 384 g/mol. The van der Waals surface area contributed by atoms with Gasteiger partial charge in [0.2, 0.25) is 15.9 Å². The molecule has 9 heteroatoms. The number of piperidine rings is 1. The zero-order chi connectivity index (χ0) is 18.9. The molecule has 2 aliphatic rings. The van der Waals surface area contributed by atoms with Crippen LogP contribution in [0.15, 0.2) is 9.42 Å². The molecule has 2 saturated heterocycles. The zero-order valence-electron chi connectivity index (χ0n) is 15.8. The van der Waals surface area contributed by atoms with Gasteiger partial charge in [0.1, 0.15) is 10.6 Å². The maximum Gasteiger partial charge on any atom is 0.248 e. The molecule has 0 aliphatic carbocycles. The van der Waals surface area contributed by atoms with Gasteiger partial charge in [0.05, 0.1) is 6.54 Å². The predicted molar refractivity (Wildman–Crippen MR) is 96.2 cm³/mol. The lowest BCUT2D eigenvalue weighted by molar-refractivity contribution is -0.135. The summed E-state index contributed by atoms with van der Waals surface area (Å²) in [6.07, 6.45) is 3.32. The van der Waals surface area contributed by atoms with Crippen molar-refractivity contribution in [3.8, 4) is 0 Å². The van der Waals surface area contributed by atoms with Gasteiger partial charge in [-0.25, -0.2) is 8.42 Å². The molecule has 1 aromatic heterocycles. The molecule has 0 aromatic carbocycles. The first kappa shape index (κ1) is 19.3. The fourth-order valence-electron chi connectivity index (χ4n) is 3.85. The molecule has 0 saturated carbocycles. The zero-order valence-corrected chi connectivity index (χ0v) is 16.6. The number of amides is 1. The molecule has 8 nitrogen and oxygen atoms in total. The SMILES string of the molecule is Cc1noc(C)c1S(=O)(=O)N1CCN(CC(=O)N2CCCCC2C)CC1. The summed E-state index contributed by atoms with van der Waals surface area (Å²) in [5.74, 6) is 0.471. The molecule has 0 spiro atoms. The summed E-state index contributed by atoms with van der Waals surface area (Å²) in [6, 6.07) is 0.303. The minimum Gasteiger partial charge on any atom is -0.360 e. The number of carbonyl (C=O) groups excluding carboxylic acids is 1. The summed E-state index contributed by atoms with van der Waals surface area (Å²) in [4.78, 5) is 16.7. The molecule has 0 bridgehead atoms. The normalized spacial score (nSPS) is 23.3. The average Bonchev–Trinajstić information content (AvgIpc) is 2.95. The quantitative estimate of drug-likeness (QED) is 0.770. The summed E-state index contributed by atoms with van der Waals surface area (Å²) in [5.41, 5.74) is 0.388. The van der Waals surface area contributed by atoms with Crippen molar-refractivity contribution in [3.05, 3.63) is 11.5 Å². The fraction of sp³-hybridized carbons (Fsp3) is 0.765. The highest BCUT2D eigenvalue weighted by molar-refractivity contribution is 7.89. The predicted octanol–water partition coefficient (Wildman–Crippen LogP) is 0.999. The van der Waals surface area contributed by atoms with Crippen LogP contribution < -0.4 is 0 Å². The molecule has 0 radical (unpaired) electrons. The van der Waals surface area contributed by atoms with Gasteiger partial charge in [-0.3, -0.25) is 9.69 Å². The van der Waals surface area contributed by atoms with E-state index in [0.717, 1.165) is 19.4 Å². The number of carbonyl (C=O) groups is 1. The minimum absolute atomic E-state index is 0.152. The largest absolute Gasteiger partial charge is 0.360 e. The van der Waals surface area contributed by atoms with Crippen molar-refractivity contribution in [3.63, 3.8) is 0 Å². The topological polar surface area (TPSA) is 87.0 Å². The lowest BCUT2D eigenvalue weighted by Crippen LogP contribution is -2.53. The van der Waals surface area contributed by atoms with E-state index in [4.69, 9.17) is 4.52 Å². The van der Waals surface area contributed by atoms with Crippen molar-refractivity contribution >= 4 is 15.9 Å². The molecule has 3 rings (SSSR count). The van der Waals surface area contributed by atoms with E-state index in [-0.39, 0.29) is 10.8 Å². The molecule has 1 atom stereocenters. The molecule has 2 fully saturated rings. The van der Waals surface area contributed by atoms with E-state index in [2.05, 4.69) is 12.1 Å². The Morgan fingerprint density at radius 1 is 1.15 bits per heavy atom. The standard InChI is InChI=1S/C17H28N4O4S/c1-13-6-4-5-7-21(13)16(22)12-19-8-10-20(11-9-19)26(23,24)17-14(2)18-25-15(17)3/h13H,4-12H2,1-3H3. The third kappa shape index (κ3) is 3.79. The van der Waals surface area contributed by atoms with E-state index in [0.29, 0.717) is 50.2 Å². The summed E-state index contributed by atoms with van der Waals surface area (Å²) >= 11 is 0.